The Kier molecular flexibility index (Phi) is 4.20. The van der Waals surface area contributed by atoms with Crippen LogP contribution in [0.3, 0.4) is 0 Å². The van der Waals surface area contributed by atoms with Gasteiger partial charge in [-0.25, -0.2) is 9.37 Å². The number of carbonyl (C=O) groups is 1. The van der Waals surface area contributed by atoms with E-state index in [1.54, 1.807) is 24.4 Å². The molecule has 0 saturated carbocycles. The van der Waals surface area contributed by atoms with Crippen LogP contribution in [-0.2, 0) is 6.54 Å². The molecule has 0 saturated heterocycles. The molecule has 2 heterocycles. The number of carbonyl (C=O) groups excluding carboxylic acids is 1. The van der Waals surface area contributed by atoms with Gasteiger partial charge < -0.3 is 10.3 Å². The maximum absolute atomic E-state index is 12.8. The largest absolute Gasteiger partial charge is 0.348 e. The predicted octanol–water partition coefficient (Wildman–Crippen LogP) is 2.75. The van der Waals surface area contributed by atoms with Gasteiger partial charge in [0.25, 0.3) is 11.5 Å². The molecule has 3 aromatic rings. The molecule has 0 bridgehead atoms. The molecular formula is C16H11BrFN3O2. The summed E-state index contributed by atoms with van der Waals surface area (Å²) in [5.41, 5.74) is 0.637. The number of nitrogens with one attached hydrogen (secondary N) is 2. The molecular weight excluding hydrogens is 365 g/mol. The third kappa shape index (κ3) is 3.45. The number of benzene rings is 1. The average molecular weight is 376 g/mol. The Hall–Kier alpha value is -2.54. The number of halogens is 2. The first kappa shape index (κ1) is 15.4. The van der Waals surface area contributed by atoms with E-state index < -0.39 is 11.5 Å². The first-order valence-electron chi connectivity index (χ1n) is 6.74. The molecule has 23 heavy (non-hydrogen) atoms. The van der Waals surface area contributed by atoms with E-state index in [4.69, 9.17) is 0 Å². The molecule has 0 aliphatic carbocycles. The standard InChI is InChI=1S/C16H11BrFN3O2/c17-11-5-10-6-13(16(23)21-14(10)19-8-11)15(22)20-7-9-1-3-12(18)4-2-9/h1-6,8H,7H2,(H,20,22)(H,19,21,23). The summed E-state index contributed by atoms with van der Waals surface area (Å²) in [6.07, 6.45) is 1.56. The molecule has 0 aliphatic rings. The minimum atomic E-state index is -0.510. The smallest absolute Gasteiger partial charge is 0.262 e. The lowest BCUT2D eigenvalue weighted by Crippen LogP contribution is -2.29. The van der Waals surface area contributed by atoms with Crippen LogP contribution in [0.25, 0.3) is 11.0 Å². The van der Waals surface area contributed by atoms with E-state index >= 15 is 0 Å². The highest BCUT2D eigenvalue weighted by Crippen LogP contribution is 2.15. The molecule has 0 atom stereocenters. The van der Waals surface area contributed by atoms with Gasteiger partial charge in [-0.15, -0.1) is 0 Å². The Balaban J connectivity index is 1.84. The fourth-order valence-electron chi connectivity index (χ4n) is 2.11. The van der Waals surface area contributed by atoms with Crippen molar-refractivity contribution >= 4 is 32.9 Å². The minimum absolute atomic E-state index is 0.000452. The van der Waals surface area contributed by atoms with E-state index in [9.17, 15) is 14.0 Å². The molecule has 1 aromatic carbocycles. The Bertz CT molecular complexity index is 938. The molecule has 0 spiro atoms. The van der Waals surface area contributed by atoms with E-state index in [2.05, 4.69) is 31.2 Å². The summed E-state index contributed by atoms with van der Waals surface area (Å²) in [6.45, 7) is 0.202. The maximum Gasteiger partial charge on any atom is 0.262 e. The normalized spacial score (nSPS) is 10.7. The van der Waals surface area contributed by atoms with Gasteiger partial charge in [0, 0.05) is 22.6 Å². The number of aromatic amines is 1. The second kappa shape index (κ2) is 6.29. The zero-order valence-electron chi connectivity index (χ0n) is 11.8. The molecule has 2 aromatic heterocycles. The molecule has 2 N–H and O–H groups in total. The second-order valence-corrected chi connectivity index (χ2v) is 5.83. The van der Waals surface area contributed by atoms with Crippen LogP contribution in [-0.4, -0.2) is 15.9 Å². The molecule has 7 heteroatoms. The van der Waals surface area contributed by atoms with E-state index in [0.717, 1.165) is 10.0 Å². The van der Waals surface area contributed by atoms with Crippen molar-refractivity contribution < 1.29 is 9.18 Å². The van der Waals surface area contributed by atoms with Crippen molar-refractivity contribution in [2.24, 2.45) is 0 Å². The highest BCUT2D eigenvalue weighted by Gasteiger charge is 2.12. The lowest BCUT2D eigenvalue weighted by Gasteiger charge is -2.06. The van der Waals surface area contributed by atoms with Crippen molar-refractivity contribution in [1.29, 1.82) is 0 Å². The van der Waals surface area contributed by atoms with Gasteiger partial charge in [-0.1, -0.05) is 12.1 Å². The van der Waals surface area contributed by atoms with Crippen molar-refractivity contribution in [3.63, 3.8) is 0 Å². The van der Waals surface area contributed by atoms with Gasteiger partial charge in [0.2, 0.25) is 0 Å². The van der Waals surface area contributed by atoms with Crippen LogP contribution >= 0.6 is 15.9 Å². The fourth-order valence-corrected chi connectivity index (χ4v) is 2.46. The van der Waals surface area contributed by atoms with Crippen molar-refractivity contribution in [1.82, 2.24) is 15.3 Å². The number of aromatic nitrogens is 2. The number of nitrogens with zero attached hydrogens (tertiary/aromatic N) is 1. The Morgan fingerprint density at radius 1 is 1.26 bits per heavy atom. The van der Waals surface area contributed by atoms with E-state index in [1.165, 1.54) is 18.2 Å². The van der Waals surface area contributed by atoms with Crippen LogP contribution in [0, 0.1) is 5.82 Å². The first-order valence-corrected chi connectivity index (χ1v) is 7.53. The number of fused-ring (bicyclic) bond motifs is 1. The number of H-pyrrole nitrogens is 1. The van der Waals surface area contributed by atoms with E-state index in [1.807, 2.05) is 0 Å². The van der Waals surface area contributed by atoms with Gasteiger partial charge in [0.15, 0.2) is 0 Å². The average Bonchev–Trinajstić information content (AvgIpc) is 2.54. The summed E-state index contributed by atoms with van der Waals surface area (Å²) in [4.78, 5) is 30.8. The molecule has 116 valence electrons. The summed E-state index contributed by atoms with van der Waals surface area (Å²) in [6, 6.07) is 9.02. The van der Waals surface area contributed by atoms with Crippen molar-refractivity contribution in [2.75, 3.05) is 0 Å². The molecule has 0 radical (unpaired) electrons. The first-order chi connectivity index (χ1) is 11.0. The fraction of sp³-hybridized carbons (Fsp3) is 0.0625. The number of rotatable bonds is 3. The van der Waals surface area contributed by atoms with Crippen LogP contribution in [0.1, 0.15) is 15.9 Å². The SMILES string of the molecule is O=C(NCc1ccc(F)cc1)c1cc2cc(Br)cnc2[nH]c1=O. The van der Waals surface area contributed by atoms with Gasteiger partial charge in [-0.3, -0.25) is 9.59 Å². The molecule has 1 amide bonds. The number of amides is 1. The van der Waals surface area contributed by atoms with Gasteiger partial charge in [-0.05, 0) is 45.8 Å². The molecule has 0 fully saturated rings. The van der Waals surface area contributed by atoms with Gasteiger partial charge in [0.1, 0.15) is 17.0 Å². The summed E-state index contributed by atoms with van der Waals surface area (Å²) in [5, 5.41) is 3.29. The molecule has 5 nitrogen and oxygen atoms in total. The zero-order valence-corrected chi connectivity index (χ0v) is 13.4. The summed E-state index contributed by atoms with van der Waals surface area (Å²) in [7, 11) is 0. The summed E-state index contributed by atoms with van der Waals surface area (Å²) < 4.78 is 13.6. The third-order valence-corrected chi connectivity index (χ3v) is 3.70. The van der Waals surface area contributed by atoms with Crippen LogP contribution < -0.4 is 10.9 Å². The Morgan fingerprint density at radius 2 is 2.00 bits per heavy atom. The van der Waals surface area contributed by atoms with Crippen LogP contribution in [0.5, 0.6) is 0 Å². The highest BCUT2D eigenvalue weighted by atomic mass is 79.9. The minimum Gasteiger partial charge on any atom is -0.348 e. The summed E-state index contributed by atoms with van der Waals surface area (Å²) in [5.74, 6) is -0.846. The maximum atomic E-state index is 12.8. The van der Waals surface area contributed by atoms with Crippen molar-refractivity contribution in [3.8, 4) is 0 Å². The Labute approximate surface area is 138 Å². The van der Waals surface area contributed by atoms with Crippen LogP contribution in [0.4, 0.5) is 4.39 Å². The lowest BCUT2D eigenvalue weighted by atomic mass is 10.2. The van der Waals surface area contributed by atoms with E-state index in [0.29, 0.717) is 11.0 Å². The molecule has 3 rings (SSSR count). The van der Waals surface area contributed by atoms with Gasteiger partial charge in [0.05, 0.1) is 0 Å². The number of hydrogen-bond donors (Lipinski definition) is 2. The lowest BCUT2D eigenvalue weighted by molar-refractivity contribution is 0.0949. The predicted molar refractivity (Wildman–Crippen MR) is 87.6 cm³/mol. The van der Waals surface area contributed by atoms with E-state index in [-0.39, 0.29) is 17.9 Å². The highest BCUT2D eigenvalue weighted by molar-refractivity contribution is 9.10. The number of hydrogen-bond acceptors (Lipinski definition) is 3. The quantitative estimate of drug-likeness (QED) is 0.738. The van der Waals surface area contributed by atoms with Crippen LogP contribution in [0.15, 0.2) is 51.9 Å². The van der Waals surface area contributed by atoms with Crippen LogP contribution in [0.2, 0.25) is 0 Å². The monoisotopic (exact) mass is 375 g/mol. The summed E-state index contributed by atoms with van der Waals surface area (Å²) >= 11 is 3.29. The van der Waals surface area contributed by atoms with Crippen molar-refractivity contribution in [2.45, 2.75) is 6.54 Å². The van der Waals surface area contributed by atoms with Crippen molar-refractivity contribution in [3.05, 3.63) is 74.4 Å². The second-order valence-electron chi connectivity index (χ2n) is 4.91. The third-order valence-electron chi connectivity index (χ3n) is 3.27. The molecule has 0 aliphatic heterocycles. The Morgan fingerprint density at radius 3 is 2.74 bits per heavy atom. The zero-order chi connectivity index (χ0) is 16.4. The van der Waals surface area contributed by atoms with Gasteiger partial charge in [-0.2, -0.15) is 0 Å². The topological polar surface area (TPSA) is 74.8 Å². The van der Waals surface area contributed by atoms with Gasteiger partial charge >= 0.3 is 0 Å². The number of pyridine rings is 2. The molecule has 0 unspecified atom stereocenters.